The van der Waals surface area contributed by atoms with E-state index in [9.17, 15) is 22.8 Å². The van der Waals surface area contributed by atoms with Crippen molar-refractivity contribution >= 4 is 18.0 Å². The van der Waals surface area contributed by atoms with Crippen LogP contribution in [-0.2, 0) is 30.6 Å². The molecule has 51 heavy (non-hydrogen) atoms. The fourth-order valence-electron chi connectivity index (χ4n) is 5.73. The maximum atomic E-state index is 13.6. The summed E-state index contributed by atoms with van der Waals surface area (Å²) in [6, 6.07) is 20.5. The third-order valence-corrected chi connectivity index (χ3v) is 9.59. The van der Waals surface area contributed by atoms with Crippen molar-refractivity contribution in [2.45, 2.75) is 50.5 Å². The highest BCUT2D eigenvalue weighted by Crippen LogP contribution is 2.28. The van der Waals surface area contributed by atoms with Gasteiger partial charge in [-0.05, 0) is 65.2 Å². The number of rotatable bonds is 18. The van der Waals surface area contributed by atoms with Crippen LogP contribution < -0.4 is 10.3 Å². The normalized spacial score (nSPS) is 12.2. The first-order valence-corrected chi connectivity index (χ1v) is 17.7. The first kappa shape index (κ1) is 37.5. The number of carbonyl (C=O) groups excluding carboxylic acids is 1. The fourth-order valence-corrected chi connectivity index (χ4v) is 6.68. The smallest absolute Gasteiger partial charge is 0.387 e. The van der Waals surface area contributed by atoms with Crippen molar-refractivity contribution in [3.8, 4) is 16.9 Å². The van der Waals surface area contributed by atoms with Gasteiger partial charge in [0.1, 0.15) is 17.7 Å². The number of halogens is 3. The van der Waals surface area contributed by atoms with E-state index in [0.717, 1.165) is 47.2 Å². The number of ether oxygens (including phenoxy) is 1. The Morgan fingerprint density at radius 1 is 0.882 bits per heavy atom. The van der Waals surface area contributed by atoms with Gasteiger partial charge in [-0.25, -0.2) is 4.39 Å². The molecule has 5 rings (SSSR count). The Morgan fingerprint density at radius 3 is 2.12 bits per heavy atom. The first-order chi connectivity index (χ1) is 24.6. The van der Waals surface area contributed by atoms with Gasteiger partial charge in [0.05, 0.1) is 6.20 Å². The number of carbonyl (C=O) groups is 1. The third kappa shape index (κ3) is 10.4. The van der Waals surface area contributed by atoms with E-state index in [0.29, 0.717) is 42.5 Å². The molecule has 13 heteroatoms. The van der Waals surface area contributed by atoms with Crippen molar-refractivity contribution in [2.24, 2.45) is 7.05 Å². The van der Waals surface area contributed by atoms with Crippen LogP contribution in [0.4, 0.5) is 13.2 Å². The minimum atomic E-state index is -2.89. The van der Waals surface area contributed by atoms with Crippen molar-refractivity contribution < 1.29 is 22.7 Å². The molecule has 2 heterocycles. The largest absolute Gasteiger partial charge is 0.435 e. The van der Waals surface area contributed by atoms with Crippen LogP contribution in [0.25, 0.3) is 11.1 Å². The first-order valence-electron chi connectivity index (χ1n) is 16.7. The predicted octanol–water partition coefficient (Wildman–Crippen LogP) is 6.81. The minimum absolute atomic E-state index is 0.0879. The van der Waals surface area contributed by atoms with E-state index in [1.807, 2.05) is 30.5 Å². The molecule has 1 atom stereocenters. The molecule has 0 N–H and O–H groups in total. The molecule has 0 aliphatic carbocycles. The average molecular weight is 719 g/mol. The molecule has 0 saturated carbocycles. The van der Waals surface area contributed by atoms with E-state index in [1.165, 1.54) is 36.0 Å². The van der Waals surface area contributed by atoms with E-state index in [-0.39, 0.29) is 17.1 Å². The van der Waals surface area contributed by atoms with Gasteiger partial charge in [0.2, 0.25) is 0 Å². The molecule has 0 aliphatic heterocycles. The summed E-state index contributed by atoms with van der Waals surface area (Å²) in [4.78, 5) is 35.4. The van der Waals surface area contributed by atoms with E-state index in [1.54, 1.807) is 53.0 Å². The van der Waals surface area contributed by atoms with Crippen LogP contribution in [0.1, 0.15) is 42.3 Å². The molecule has 0 radical (unpaired) electrons. The lowest BCUT2D eigenvalue weighted by molar-refractivity contribution is -0.116. The molecular formula is C38H41F3N6O3S. The van der Waals surface area contributed by atoms with Gasteiger partial charge in [-0.3, -0.25) is 19.2 Å². The molecule has 0 spiro atoms. The molecule has 0 amide bonds. The van der Waals surface area contributed by atoms with Crippen LogP contribution >= 0.6 is 11.8 Å². The maximum Gasteiger partial charge on any atom is 0.387 e. The second-order valence-corrected chi connectivity index (χ2v) is 13.0. The lowest BCUT2D eigenvalue weighted by atomic mass is 10.0. The highest BCUT2D eigenvalue weighted by molar-refractivity contribution is 7.98. The lowest BCUT2D eigenvalue weighted by Gasteiger charge is -2.33. The SMILES string of the molecule is CCN(CC)CCN(Cc1ccc(-c2ccc(OC(F)F)cc2)cc1)C(C=O)n1cc(Cc2cnn(C)c2)c(=O)nc1SCc1ccc(F)cc1. The Morgan fingerprint density at radius 2 is 1.53 bits per heavy atom. The summed E-state index contributed by atoms with van der Waals surface area (Å²) >= 11 is 1.31. The van der Waals surface area contributed by atoms with Crippen molar-refractivity contribution in [3.05, 3.63) is 130 Å². The van der Waals surface area contributed by atoms with Gasteiger partial charge in [-0.2, -0.15) is 18.9 Å². The monoisotopic (exact) mass is 718 g/mol. The van der Waals surface area contributed by atoms with Crippen LogP contribution in [0.3, 0.4) is 0 Å². The van der Waals surface area contributed by atoms with Crippen LogP contribution in [0, 0.1) is 5.82 Å². The fraction of sp³-hybridized carbons (Fsp3) is 0.316. The van der Waals surface area contributed by atoms with E-state index >= 15 is 0 Å². The van der Waals surface area contributed by atoms with Gasteiger partial charge in [-0.1, -0.05) is 74.1 Å². The van der Waals surface area contributed by atoms with Gasteiger partial charge in [0, 0.05) is 56.8 Å². The summed E-state index contributed by atoms with van der Waals surface area (Å²) in [5.74, 6) is 0.162. The topological polar surface area (TPSA) is 85.5 Å². The van der Waals surface area contributed by atoms with Gasteiger partial charge in [0.15, 0.2) is 11.4 Å². The molecule has 2 aromatic heterocycles. The van der Waals surface area contributed by atoms with Crippen molar-refractivity contribution in [2.75, 3.05) is 26.2 Å². The number of benzene rings is 3. The molecular weight excluding hydrogens is 678 g/mol. The standard InChI is InChI=1S/C38H41F3N6O3S/c1-4-45(5-2)18-19-46(23-27-6-10-30(11-7-27)31-12-16-34(17-13-31)50-37(40)41)35(25-48)47-24-32(20-29-21-42-44(3)22-29)36(49)43-38(47)51-26-28-8-14-33(39)15-9-28/h6-17,21-22,24-25,35,37H,4-5,18-20,23,26H2,1-3H3. The number of nitrogens with zero attached hydrogens (tertiary/aromatic N) is 6. The number of hydrogen-bond acceptors (Lipinski definition) is 8. The van der Waals surface area contributed by atoms with Crippen LogP contribution in [0.15, 0.2) is 101 Å². The maximum absolute atomic E-state index is 13.6. The molecule has 1 unspecified atom stereocenters. The lowest BCUT2D eigenvalue weighted by Crippen LogP contribution is -2.40. The number of hydrogen-bond donors (Lipinski definition) is 0. The third-order valence-electron chi connectivity index (χ3n) is 8.55. The molecule has 9 nitrogen and oxygen atoms in total. The summed E-state index contributed by atoms with van der Waals surface area (Å²) in [6.45, 7) is 4.66. The second-order valence-electron chi connectivity index (χ2n) is 12.0. The Kier molecular flexibility index (Phi) is 13.2. The van der Waals surface area contributed by atoms with Crippen LogP contribution in [0.2, 0.25) is 0 Å². The van der Waals surface area contributed by atoms with Crippen molar-refractivity contribution in [1.82, 2.24) is 29.1 Å². The van der Waals surface area contributed by atoms with Gasteiger partial charge >= 0.3 is 6.61 Å². The predicted molar refractivity (Wildman–Crippen MR) is 192 cm³/mol. The average Bonchev–Trinajstić information content (AvgIpc) is 3.54. The zero-order valence-corrected chi connectivity index (χ0v) is 29.6. The number of aromatic nitrogens is 4. The quantitative estimate of drug-likeness (QED) is 0.0556. The number of alkyl halides is 2. The Hall–Kier alpha value is -4.72. The Bertz CT molecular complexity index is 1910. The summed E-state index contributed by atoms with van der Waals surface area (Å²) in [5.41, 5.74) is 4.42. The zero-order valence-electron chi connectivity index (χ0n) is 28.8. The van der Waals surface area contributed by atoms with Gasteiger partial charge in [-0.15, -0.1) is 0 Å². The minimum Gasteiger partial charge on any atom is -0.435 e. The number of aryl methyl sites for hydroxylation is 1. The van der Waals surface area contributed by atoms with Crippen molar-refractivity contribution in [3.63, 3.8) is 0 Å². The summed E-state index contributed by atoms with van der Waals surface area (Å²) in [7, 11) is 1.81. The molecule has 268 valence electrons. The molecule has 0 bridgehead atoms. The molecule has 0 fully saturated rings. The van der Waals surface area contributed by atoms with E-state index in [4.69, 9.17) is 0 Å². The summed E-state index contributed by atoms with van der Waals surface area (Å²) in [6.07, 6.45) is 5.63. The number of aldehydes is 1. The number of thioether (sulfide) groups is 1. The van der Waals surface area contributed by atoms with E-state index < -0.39 is 12.8 Å². The van der Waals surface area contributed by atoms with E-state index in [2.05, 4.69) is 38.5 Å². The van der Waals surface area contributed by atoms with Gasteiger partial charge in [0.25, 0.3) is 5.56 Å². The van der Waals surface area contributed by atoms with Gasteiger partial charge < -0.3 is 14.2 Å². The number of likely N-dealkylation sites (N-methyl/N-ethyl adjacent to an activating group) is 1. The summed E-state index contributed by atoms with van der Waals surface area (Å²) in [5, 5.41) is 4.60. The Balaban J connectivity index is 1.48. The molecule has 0 aliphatic rings. The van der Waals surface area contributed by atoms with Crippen LogP contribution in [-0.4, -0.2) is 68.2 Å². The Labute approximate surface area is 299 Å². The molecule has 3 aromatic carbocycles. The van der Waals surface area contributed by atoms with Crippen molar-refractivity contribution in [1.29, 1.82) is 0 Å². The second kappa shape index (κ2) is 18.0. The molecule has 5 aromatic rings. The molecule has 0 saturated heterocycles. The zero-order chi connectivity index (χ0) is 36.3. The highest BCUT2D eigenvalue weighted by Gasteiger charge is 2.25. The van der Waals surface area contributed by atoms with Crippen LogP contribution in [0.5, 0.6) is 5.75 Å². The highest BCUT2D eigenvalue weighted by atomic mass is 32.2. The summed E-state index contributed by atoms with van der Waals surface area (Å²) < 4.78 is 46.7.